The lowest BCUT2D eigenvalue weighted by molar-refractivity contribution is -0.135. The molecule has 0 aliphatic carbocycles. The Kier molecular flexibility index (Phi) is 4.94. The highest BCUT2D eigenvalue weighted by atomic mass is 19.4. The van der Waals surface area contributed by atoms with Crippen molar-refractivity contribution < 1.29 is 18.3 Å². The fourth-order valence-corrected chi connectivity index (χ4v) is 0.613. The van der Waals surface area contributed by atoms with Crippen LogP contribution in [0.4, 0.5) is 13.2 Å². The van der Waals surface area contributed by atoms with Crippen molar-refractivity contribution in [3.05, 3.63) is 12.2 Å². The van der Waals surface area contributed by atoms with Crippen LogP contribution in [0.15, 0.2) is 12.2 Å². The number of aliphatic hydroxyl groups is 1. The first-order valence-corrected chi connectivity index (χ1v) is 3.39. The number of alkyl halides is 3. The first kappa shape index (κ1) is 10.5. The molecule has 0 aliphatic rings. The van der Waals surface area contributed by atoms with Crippen LogP contribution in [-0.4, -0.2) is 17.9 Å². The Morgan fingerprint density at radius 3 is 2.27 bits per heavy atom. The molecule has 0 unspecified atom stereocenters. The largest absolute Gasteiger partial charge is 0.392 e. The van der Waals surface area contributed by atoms with Gasteiger partial charge in [-0.05, 0) is 12.8 Å². The van der Waals surface area contributed by atoms with Crippen LogP contribution in [0.1, 0.15) is 19.3 Å². The van der Waals surface area contributed by atoms with Crippen molar-refractivity contribution in [1.82, 2.24) is 0 Å². The Morgan fingerprint density at radius 1 is 1.18 bits per heavy atom. The third kappa shape index (κ3) is 9.49. The van der Waals surface area contributed by atoms with E-state index in [1.807, 2.05) is 0 Å². The monoisotopic (exact) mass is 168 g/mol. The third-order valence-corrected chi connectivity index (χ3v) is 1.10. The van der Waals surface area contributed by atoms with Gasteiger partial charge in [-0.2, -0.15) is 13.2 Å². The molecule has 0 aromatic rings. The van der Waals surface area contributed by atoms with Crippen molar-refractivity contribution in [2.75, 3.05) is 6.61 Å². The highest BCUT2D eigenvalue weighted by Gasteiger charge is 2.25. The molecule has 0 heterocycles. The van der Waals surface area contributed by atoms with Gasteiger partial charge in [-0.3, -0.25) is 0 Å². The van der Waals surface area contributed by atoms with Gasteiger partial charge in [-0.15, -0.1) is 0 Å². The molecule has 0 aromatic carbocycles. The fourth-order valence-electron chi connectivity index (χ4n) is 0.613. The standard InChI is InChI=1S/C7H11F3O/c8-7(9,10)5-3-1-2-4-6-11/h2,4,11H,1,3,5-6H2/b4-2+. The molecule has 0 radical (unpaired) electrons. The van der Waals surface area contributed by atoms with Gasteiger partial charge in [-0.25, -0.2) is 0 Å². The summed E-state index contributed by atoms with van der Waals surface area (Å²) in [5.41, 5.74) is 0. The van der Waals surface area contributed by atoms with E-state index in [-0.39, 0.29) is 13.0 Å². The fraction of sp³-hybridized carbons (Fsp3) is 0.714. The first-order chi connectivity index (χ1) is 5.06. The van der Waals surface area contributed by atoms with Crippen LogP contribution in [0, 0.1) is 0 Å². The lowest BCUT2D eigenvalue weighted by Gasteiger charge is -2.02. The third-order valence-electron chi connectivity index (χ3n) is 1.10. The minimum Gasteiger partial charge on any atom is -0.392 e. The molecule has 0 saturated heterocycles. The van der Waals surface area contributed by atoms with Gasteiger partial charge in [0, 0.05) is 6.42 Å². The van der Waals surface area contributed by atoms with Gasteiger partial charge < -0.3 is 5.11 Å². The van der Waals surface area contributed by atoms with Gasteiger partial charge in [-0.1, -0.05) is 12.2 Å². The van der Waals surface area contributed by atoms with Crippen molar-refractivity contribution in [3.63, 3.8) is 0 Å². The molecule has 0 amide bonds. The first-order valence-electron chi connectivity index (χ1n) is 3.39. The second-order valence-electron chi connectivity index (χ2n) is 2.16. The SMILES string of the molecule is OC/C=C/CCCC(F)(F)F. The van der Waals surface area contributed by atoms with E-state index in [0.29, 0.717) is 6.42 Å². The molecule has 0 rings (SSSR count). The number of unbranched alkanes of at least 4 members (excludes halogenated alkanes) is 1. The summed E-state index contributed by atoms with van der Waals surface area (Å²) in [6.07, 6.45) is -1.34. The molecule has 0 aromatic heterocycles. The van der Waals surface area contributed by atoms with Gasteiger partial charge in [0.15, 0.2) is 0 Å². The van der Waals surface area contributed by atoms with Gasteiger partial charge in [0.25, 0.3) is 0 Å². The molecular weight excluding hydrogens is 157 g/mol. The van der Waals surface area contributed by atoms with Gasteiger partial charge in [0.2, 0.25) is 0 Å². The van der Waals surface area contributed by atoms with Crippen LogP contribution >= 0.6 is 0 Å². The second-order valence-corrected chi connectivity index (χ2v) is 2.16. The van der Waals surface area contributed by atoms with Crippen molar-refractivity contribution in [2.45, 2.75) is 25.4 Å². The van der Waals surface area contributed by atoms with Crippen molar-refractivity contribution in [2.24, 2.45) is 0 Å². The van der Waals surface area contributed by atoms with E-state index < -0.39 is 12.6 Å². The van der Waals surface area contributed by atoms with Crippen LogP contribution in [0.5, 0.6) is 0 Å². The normalized spacial score (nSPS) is 12.7. The minimum atomic E-state index is -4.05. The van der Waals surface area contributed by atoms with Gasteiger partial charge >= 0.3 is 6.18 Å². The lowest BCUT2D eigenvalue weighted by Crippen LogP contribution is -2.05. The molecule has 0 fully saturated rings. The average Bonchev–Trinajstić information content (AvgIpc) is 1.85. The highest BCUT2D eigenvalue weighted by Crippen LogP contribution is 2.22. The maximum atomic E-state index is 11.5. The summed E-state index contributed by atoms with van der Waals surface area (Å²) >= 11 is 0. The summed E-state index contributed by atoms with van der Waals surface area (Å²) in [4.78, 5) is 0. The summed E-state index contributed by atoms with van der Waals surface area (Å²) < 4.78 is 34.5. The predicted octanol–water partition coefficient (Wildman–Crippen LogP) is 2.27. The quantitative estimate of drug-likeness (QED) is 0.504. The zero-order valence-corrected chi connectivity index (χ0v) is 6.06. The topological polar surface area (TPSA) is 20.2 Å². The Bertz CT molecular complexity index is 117. The maximum Gasteiger partial charge on any atom is 0.389 e. The van der Waals surface area contributed by atoms with E-state index in [4.69, 9.17) is 5.11 Å². The molecule has 0 saturated carbocycles. The lowest BCUT2D eigenvalue weighted by atomic mass is 10.2. The van der Waals surface area contributed by atoms with Crippen LogP contribution < -0.4 is 0 Å². The van der Waals surface area contributed by atoms with Crippen molar-refractivity contribution in [3.8, 4) is 0 Å². The van der Waals surface area contributed by atoms with Gasteiger partial charge in [0.1, 0.15) is 0 Å². The van der Waals surface area contributed by atoms with Crippen LogP contribution in [0.2, 0.25) is 0 Å². The Balaban J connectivity index is 3.21. The Hall–Kier alpha value is -0.510. The number of rotatable bonds is 4. The molecule has 0 spiro atoms. The molecule has 4 heteroatoms. The Morgan fingerprint density at radius 2 is 1.82 bits per heavy atom. The van der Waals surface area contributed by atoms with Crippen molar-refractivity contribution >= 4 is 0 Å². The van der Waals surface area contributed by atoms with E-state index in [9.17, 15) is 13.2 Å². The molecule has 1 nitrogen and oxygen atoms in total. The zero-order chi connectivity index (χ0) is 8.74. The molecule has 11 heavy (non-hydrogen) atoms. The number of hydrogen-bond donors (Lipinski definition) is 1. The summed E-state index contributed by atoms with van der Waals surface area (Å²) in [7, 11) is 0. The van der Waals surface area contributed by atoms with E-state index in [1.165, 1.54) is 6.08 Å². The number of aliphatic hydroxyl groups excluding tert-OH is 1. The summed E-state index contributed by atoms with van der Waals surface area (Å²) in [6, 6.07) is 0. The van der Waals surface area contributed by atoms with E-state index in [0.717, 1.165) is 0 Å². The number of halogens is 3. The molecule has 0 aliphatic heterocycles. The highest BCUT2D eigenvalue weighted by molar-refractivity contribution is 4.80. The summed E-state index contributed by atoms with van der Waals surface area (Å²) in [5.74, 6) is 0. The van der Waals surface area contributed by atoms with E-state index in [1.54, 1.807) is 6.08 Å². The van der Waals surface area contributed by atoms with E-state index >= 15 is 0 Å². The zero-order valence-electron chi connectivity index (χ0n) is 6.06. The molecule has 1 N–H and O–H groups in total. The summed E-state index contributed by atoms with van der Waals surface area (Å²) in [5, 5.41) is 8.22. The average molecular weight is 168 g/mol. The number of allylic oxidation sites excluding steroid dienone is 1. The second kappa shape index (κ2) is 5.18. The maximum absolute atomic E-state index is 11.5. The molecular formula is C7H11F3O. The summed E-state index contributed by atoms with van der Waals surface area (Å²) in [6.45, 7) is -0.105. The minimum absolute atomic E-state index is 0.0972. The smallest absolute Gasteiger partial charge is 0.389 e. The van der Waals surface area contributed by atoms with Crippen molar-refractivity contribution in [1.29, 1.82) is 0 Å². The molecule has 0 atom stereocenters. The number of hydrogen-bond acceptors (Lipinski definition) is 1. The Labute approximate surface area is 63.5 Å². The van der Waals surface area contributed by atoms with E-state index in [2.05, 4.69) is 0 Å². The van der Waals surface area contributed by atoms with Crippen LogP contribution in [-0.2, 0) is 0 Å². The van der Waals surface area contributed by atoms with Crippen LogP contribution in [0.3, 0.4) is 0 Å². The molecule has 0 bridgehead atoms. The van der Waals surface area contributed by atoms with Crippen LogP contribution in [0.25, 0.3) is 0 Å². The predicted molar refractivity (Wildman–Crippen MR) is 36.1 cm³/mol. The molecule has 66 valence electrons. The van der Waals surface area contributed by atoms with Gasteiger partial charge in [0.05, 0.1) is 6.61 Å².